The molecule has 1 heterocycles. The molecule has 1 aliphatic rings. The molecule has 3 aromatic carbocycles. The molecule has 1 saturated heterocycles. The van der Waals surface area contributed by atoms with Gasteiger partial charge in [-0.3, -0.25) is 14.4 Å². The van der Waals surface area contributed by atoms with Gasteiger partial charge in [-0.2, -0.15) is 0 Å². The minimum Gasteiger partial charge on any atom is -0.508 e. The lowest BCUT2D eigenvalue weighted by atomic mass is 9.84. The number of phenolic OH excluding ortho intramolecular Hbond substituents is 1. The molecule has 0 bridgehead atoms. The van der Waals surface area contributed by atoms with E-state index in [1.807, 2.05) is 52.0 Å². The van der Waals surface area contributed by atoms with Crippen molar-refractivity contribution in [3.63, 3.8) is 0 Å². The number of hydrogen-bond acceptors (Lipinski definition) is 6. The quantitative estimate of drug-likeness (QED) is 0.279. The predicted octanol–water partition coefficient (Wildman–Crippen LogP) is 3.97. The summed E-state index contributed by atoms with van der Waals surface area (Å²) in [5, 5.41) is 27.6. The van der Waals surface area contributed by atoms with E-state index in [1.54, 1.807) is 44.4 Å². The first-order valence-electron chi connectivity index (χ1n) is 14.9. The maximum absolute atomic E-state index is 14.0. The highest BCUT2D eigenvalue weighted by Gasteiger charge is 2.49. The van der Waals surface area contributed by atoms with Gasteiger partial charge in [0.05, 0.1) is 13.2 Å². The number of aryl methyl sites for hydroxylation is 2. The summed E-state index contributed by atoms with van der Waals surface area (Å²) in [6, 6.07) is 15.9. The number of nitrogens with zero attached hydrogens (tertiary/aromatic N) is 1. The van der Waals surface area contributed by atoms with E-state index in [-0.39, 0.29) is 30.2 Å². The van der Waals surface area contributed by atoms with E-state index in [4.69, 9.17) is 4.74 Å². The number of aromatic hydroxyl groups is 1. The molecule has 0 aromatic heterocycles. The first-order chi connectivity index (χ1) is 20.8. The van der Waals surface area contributed by atoms with E-state index in [0.717, 1.165) is 22.3 Å². The van der Waals surface area contributed by atoms with Gasteiger partial charge in [0.1, 0.15) is 17.5 Å². The fourth-order valence-corrected chi connectivity index (χ4v) is 5.98. The summed E-state index contributed by atoms with van der Waals surface area (Å²) in [4.78, 5) is 42.5. The van der Waals surface area contributed by atoms with Crippen LogP contribution in [0.4, 0.5) is 0 Å². The molecular weight excluding hydrogens is 558 g/mol. The second-order valence-corrected chi connectivity index (χ2v) is 12.3. The van der Waals surface area contributed by atoms with Crippen LogP contribution in [0.25, 0.3) is 0 Å². The molecule has 3 amide bonds. The second kappa shape index (κ2) is 13.5. The molecule has 3 aromatic rings. The molecule has 9 heteroatoms. The SMILES string of the molecule is COc1cccc(C[C@H](NC(=O)c2cccc(O)c2C)[C@H](O)C(=O)N2CCC(C)(C)[C@H]2C(=O)NCc2c(C)cccc2C)c1. The van der Waals surface area contributed by atoms with Crippen LogP contribution in [-0.4, -0.2) is 64.7 Å². The van der Waals surface area contributed by atoms with Gasteiger partial charge in [-0.1, -0.05) is 50.2 Å². The maximum Gasteiger partial charge on any atom is 0.254 e. The van der Waals surface area contributed by atoms with E-state index in [9.17, 15) is 24.6 Å². The Balaban J connectivity index is 1.59. The fraction of sp³-hybridized carbons (Fsp3) is 0.400. The number of likely N-dealkylation sites (tertiary alicyclic amines) is 1. The van der Waals surface area contributed by atoms with Crippen molar-refractivity contribution < 1.29 is 29.3 Å². The highest BCUT2D eigenvalue weighted by Crippen LogP contribution is 2.37. The average molecular weight is 602 g/mol. The Hall–Kier alpha value is -4.37. The Morgan fingerprint density at radius 3 is 2.36 bits per heavy atom. The highest BCUT2D eigenvalue weighted by atomic mass is 16.5. The van der Waals surface area contributed by atoms with Crippen LogP contribution in [0.2, 0.25) is 0 Å². The van der Waals surface area contributed by atoms with Gasteiger partial charge in [0, 0.05) is 24.2 Å². The van der Waals surface area contributed by atoms with Gasteiger partial charge < -0.3 is 30.5 Å². The topological polar surface area (TPSA) is 128 Å². The van der Waals surface area contributed by atoms with Gasteiger partial charge in [0.25, 0.3) is 11.8 Å². The normalized spacial score (nSPS) is 17.1. The molecule has 234 valence electrons. The summed E-state index contributed by atoms with van der Waals surface area (Å²) >= 11 is 0. The molecule has 4 rings (SSSR count). The van der Waals surface area contributed by atoms with E-state index in [1.165, 1.54) is 11.0 Å². The monoisotopic (exact) mass is 601 g/mol. The largest absolute Gasteiger partial charge is 0.508 e. The lowest BCUT2D eigenvalue weighted by Crippen LogP contribution is -2.57. The van der Waals surface area contributed by atoms with Crippen molar-refractivity contribution in [1.29, 1.82) is 0 Å². The molecule has 0 unspecified atom stereocenters. The zero-order valence-electron chi connectivity index (χ0n) is 26.3. The summed E-state index contributed by atoms with van der Waals surface area (Å²) in [5.74, 6) is -0.905. The molecule has 0 saturated carbocycles. The number of hydrogen-bond donors (Lipinski definition) is 4. The van der Waals surface area contributed by atoms with E-state index >= 15 is 0 Å². The summed E-state index contributed by atoms with van der Waals surface area (Å²) in [5.41, 5.74) is 3.97. The van der Waals surface area contributed by atoms with Gasteiger partial charge >= 0.3 is 0 Å². The predicted molar refractivity (Wildman–Crippen MR) is 168 cm³/mol. The second-order valence-electron chi connectivity index (χ2n) is 12.3. The minimum atomic E-state index is -1.65. The molecule has 0 spiro atoms. The van der Waals surface area contributed by atoms with Crippen molar-refractivity contribution in [2.24, 2.45) is 5.41 Å². The van der Waals surface area contributed by atoms with Crippen LogP contribution in [0.15, 0.2) is 60.7 Å². The Labute approximate surface area is 259 Å². The first kappa shape index (κ1) is 32.5. The Morgan fingerprint density at radius 2 is 1.68 bits per heavy atom. The standard InChI is InChI=1S/C35H43N3O6/c1-21-10-7-11-22(2)27(21)20-36-33(42)31-35(4,5)16-17-38(31)34(43)30(40)28(19-24-12-8-13-25(18-24)44-6)37-32(41)26-14-9-15-29(39)23(26)3/h7-15,18,28,30-31,39-40H,16-17,19-20H2,1-6H3,(H,36,42)(H,37,41)/t28-,30-,31+/m0/s1. The van der Waals surface area contributed by atoms with Crippen molar-refractivity contribution in [3.05, 3.63) is 94.0 Å². The zero-order valence-corrected chi connectivity index (χ0v) is 26.3. The zero-order chi connectivity index (χ0) is 32.2. The molecule has 3 atom stereocenters. The third-order valence-electron chi connectivity index (χ3n) is 8.75. The number of ether oxygens (including phenoxy) is 1. The lowest BCUT2D eigenvalue weighted by molar-refractivity contribution is -0.148. The molecule has 0 aliphatic carbocycles. The van der Waals surface area contributed by atoms with Crippen LogP contribution in [0.5, 0.6) is 11.5 Å². The number of carbonyl (C=O) groups is 3. The van der Waals surface area contributed by atoms with Crippen LogP contribution in [0, 0.1) is 26.2 Å². The van der Waals surface area contributed by atoms with Gasteiger partial charge in [-0.15, -0.1) is 0 Å². The van der Waals surface area contributed by atoms with Crippen molar-refractivity contribution >= 4 is 17.7 Å². The van der Waals surface area contributed by atoms with Crippen LogP contribution < -0.4 is 15.4 Å². The Bertz CT molecular complexity index is 1510. The summed E-state index contributed by atoms with van der Waals surface area (Å²) in [6.45, 7) is 10.1. The maximum atomic E-state index is 14.0. The van der Waals surface area contributed by atoms with Crippen molar-refractivity contribution in [2.45, 2.75) is 72.2 Å². The number of methoxy groups -OCH3 is 1. The number of aliphatic hydroxyl groups is 1. The first-order valence-corrected chi connectivity index (χ1v) is 14.9. The molecule has 0 radical (unpaired) electrons. The third kappa shape index (κ3) is 7.05. The molecule has 1 fully saturated rings. The van der Waals surface area contributed by atoms with Gasteiger partial charge in [-0.05, 0) is 85.5 Å². The van der Waals surface area contributed by atoms with Crippen molar-refractivity contribution in [3.8, 4) is 11.5 Å². The fourth-order valence-electron chi connectivity index (χ4n) is 5.98. The molecule has 1 aliphatic heterocycles. The van der Waals surface area contributed by atoms with Gasteiger partial charge in [0.15, 0.2) is 6.10 Å². The van der Waals surface area contributed by atoms with Crippen molar-refractivity contribution in [2.75, 3.05) is 13.7 Å². The number of amides is 3. The molecule has 9 nitrogen and oxygen atoms in total. The number of aliphatic hydroxyl groups excluding tert-OH is 1. The van der Waals surface area contributed by atoms with E-state index in [2.05, 4.69) is 10.6 Å². The summed E-state index contributed by atoms with van der Waals surface area (Å²) in [7, 11) is 1.54. The number of benzene rings is 3. The highest BCUT2D eigenvalue weighted by molar-refractivity contribution is 5.97. The Morgan fingerprint density at radius 1 is 1.02 bits per heavy atom. The molecular formula is C35H43N3O6. The minimum absolute atomic E-state index is 0.0346. The lowest BCUT2D eigenvalue weighted by Gasteiger charge is -2.34. The molecule has 4 N–H and O–H groups in total. The van der Waals surface area contributed by atoms with Gasteiger partial charge in [-0.25, -0.2) is 0 Å². The van der Waals surface area contributed by atoms with Crippen molar-refractivity contribution in [1.82, 2.24) is 15.5 Å². The molecule has 44 heavy (non-hydrogen) atoms. The number of phenols is 1. The average Bonchev–Trinajstić information content (AvgIpc) is 3.31. The van der Waals surface area contributed by atoms with Gasteiger partial charge in [0.2, 0.25) is 5.91 Å². The summed E-state index contributed by atoms with van der Waals surface area (Å²) in [6.07, 6.45) is -0.956. The number of nitrogens with one attached hydrogen (secondary N) is 2. The van der Waals surface area contributed by atoms with E-state index in [0.29, 0.717) is 24.3 Å². The van der Waals surface area contributed by atoms with Crippen LogP contribution >= 0.6 is 0 Å². The van der Waals surface area contributed by atoms with Crippen LogP contribution in [-0.2, 0) is 22.6 Å². The Kier molecular flexibility index (Phi) is 9.99. The third-order valence-corrected chi connectivity index (χ3v) is 8.75. The summed E-state index contributed by atoms with van der Waals surface area (Å²) < 4.78 is 5.34. The van der Waals surface area contributed by atoms with Crippen LogP contribution in [0.1, 0.15) is 58.4 Å². The van der Waals surface area contributed by atoms with E-state index < -0.39 is 35.4 Å². The smallest absolute Gasteiger partial charge is 0.254 e. The number of rotatable bonds is 10. The number of carbonyl (C=O) groups excluding carboxylic acids is 3. The van der Waals surface area contributed by atoms with Crippen LogP contribution in [0.3, 0.4) is 0 Å².